The summed E-state index contributed by atoms with van der Waals surface area (Å²) in [4.78, 5) is 19.4. The molecular weight excluding hydrogens is 352 g/mol. The number of pyridine rings is 1. The van der Waals surface area contributed by atoms with Gasteiger partial charge in [-0.2, -0.15) is 0 Å². The van der Waals surface area contributed by atoms with Crippen LogP contribution in [0.4, 0.5) is 5.69 Å². The summed E-state index contributed by atoms with van der Waals surface area (Å²) in [5.74, 6) is 0.829. The fraction of sp³-hybridized carbons (Fsp3) is 0.227. The highest BCUT2D eigenvalue weighted by molar-refractivity contribution is 5.93. The molecule has 0 radical (unpaired) electrons. The average Bonchev–Trinajstić information content (AvgIpc) is 3.28. The minimum atomic E-state index is 0.0529. The van der Waals surface area contributed by atoms with Crippen molar-refractivity contribution in [2.75, 3.05) is 4.90 Å². The smallest absolute Gasteiger partial charge is 0.227 e. The number of hydrogen-bond acceptors (Lipinski definition) is 4. The standard InChI is InChI=1S/C22H22N4O2/c1-16-20(17(2)28-24-16)11-12-22(27)26(18-8-4-3-5-9-18)15-19-14-23-21-10-6-7-13-25(19)21/h3-10,13-14H,11-12,15H2,1-2H3. The number of carbonyl (C=O) groups is 1. The topological polar surface area (TPSA) is 63.6 Å². The monoisotopic (exact) mass is 374 g/mol. The number of imidazole rings is 1. The summed E-state index contributed by atoms with van der Waals surface area (Å²) in [6.45, 7) is 4.24. The van der Waals surface area contributed by atoms with Gasteiger partial charge in [-0.05, 0) is 44.5 Å². The highest BCUT2D eigenvalue weighted by atomic mass is 16.5. The molecule has 0 aliphatic carbocycles. The van der Waals surface area contributed by atoms with E-state index in [0.29, 0.717) is 19.4 Å². The fourth-order valence-electron chi connectivity index (χ4n) is 3.42. The Morgan fingerprint density at radius 1 is 1.11 bits per heavy atom. The number of amides is 1. The van der Waals surface area contributed by atoms with Crippen LogP contribution < -0.4 is 4.90 Å². The van der Waals surface area contributed by atoms with Crippen LogP contribution in [0, 0.1) is 13.8 Å². The van der Waals surface area contributed by atoms with Gasteiger partial charge in [0.05, 0.1) is 24.1 Å². The third kappa shape index (κ3) is 3.53. The SMILES string of the molecule is Cc1noc(C)c1CCC(=O)N(Cc1cnc2ccccn12)c1ccccc1. The molecule has 0 N–H and O–H groups in total. The number of nitrogens with zero attached hydrogens (tertiary/aromatic N) is 4. The van der Waals surface area contributed by atoms with Gasteiger partial charge in [0.1, 0.15) is 11.4 Å². The van der Waals surface area contributed by atoms with Gasteiger partial charge in [0.2, 0.25) is 5.91 Å². The maximum atomic E-state index is 13.2. The van der Waals surface area contributed by atoms with E-state index >= 15 is 0 Å². The molecule has 0 saturated heterocycles. The first-order valence-electron chi connectivity index (χ1n) is 9.31. The highest BCUT2D eigenvalue weighted by Gasteiger charge is 2.19. The Kier molecular flexibility index (Phi) is 4.93. The van der Waals surface area contributed by atoms with Gasteiger partial charge in [-0.1, -0.05) is 29.4 Å². The Bertz CT molecular complexity index is 1080. The number of anilines is 1. The number of rotatable bonds is 6. The highest BCUT2D eigenvalue weighted by Crippen LogP contribution is 2.21. The van der Waals surface area contributed by atoms with Crippen LogP contribution in [0.5, 0.6) is 0 Å². The minimum absolute atomic E-state index is 0.0529. The van der Waals surface area contributed by atoms with Crippen LogP contribution in [0.1, 0.15) is 29.1 Å². The quantitative estimate of drug-likeness (QED) is 0.510. The number of aryl methyl sites for hydroxylation is 2. The van der Waals surface area contributed by atoms with Crippen LogP contribution in [0.25, 0.3) is 5.65 Å². The van der Waals surface area contributed by atoms with E-state index in [1.807, 2.05) is 84.1 Å². The number of aromatic nitrogens is 3. The molecule has 3 heterocycles. The Morgan fingerprint density at radius 3 is 2.64 bits per heavy atom. The van der Waals surface area contributed by atoms with Gasteiger partial charge in [-0.15, -0.1) is 0 Å². The molecule has 4 aromatic rings. The Labute approximate surface area is 163 Å². The third-order valence-electron chi connectivity index (χ3n) is 4.95. The summed E-state index contributed by atoms with van der Waals surface area (Å²) in [6, 6.07) is 15.6. The molecule has 0 bridgehead atoms. The van der Waals surface area contributed by atoms with E-state index in [0.717, 1.165) is 34.0 Å². The molecule has 4 rings (SSSR count). The number of para-hydroxylation sites is 1. The summed E-state index contributed by atoms with van der Waals surface area (Å²) >= 11 is 0. The van der Waals surface area contributed by atoms with Crippen molar-refractivity contribution in [1.82, 2.24) is 14.5 Å². The molecule has 0 aliphatic heterocycles. The molecule has 6 heteroatoms. The van der Waals surface area contributed by atoms with E-state index < -0.39 is 0 Å². The van der Waals surface area contributed by atoms with E-state index in [-0.39, 0.29) is 5.91 Å². The maximum absolute atomic E-state index is 13.2. The molecule has 142 valence electrons. The minimum Gasteiger partial charge on any atom is -0.361 e. The van der Waals surface area contributed by atoms with Crippen LogP contribution in [-0.4, -0.2) is 20.4 Å². The van der Waals surface area contributed by atoms with Gasteiger partial charge >= 0.3 is 0 Å². The van der Waals surface area contributed by atoms with Crippen molar-refractivity contribution in [3.8, 4) is 0 Å². The van der Waals surface area contributed by atoms with Crippen molar-refractivity contribution in [2.45, 2.75) is 33.2 Å². The molecule has 28 heavy (non-hydrogen) atoms. The molecule has 0 spiro atoms. The van der Waals surface area contributed by atoms with Crippen molar-refractivity contribution in [1.29, 1.82) is 0 Å². The molecule has 3 aromatic heterocycles. The number of hydrogen-bond donors (Lipinski definition) is 0. The average molecular weight is 374 g/mol. The Hall–Kier alpha value is -3.41. The predicted octanol–water partition coefficient (Wildman–Crippen LogP) is 4.11. The van der Waals surface area contributed by atoms with Gasteiger partial charge in [0.25, 0.3) is 0 Å². The molecule has 0 aliphatic rings. The van der Waals surface area contributed by atoms with Crippen LogP contribution in [-0.2, 0) is 17.8 Å². The van der Waals surface area contributed by atoms with Crippen molar-refractivity contribution in [3.63, 3.8) is 0 Å². The Morgan fingerprint density at radius 2 is 1.89 bits per heavy atom. The van der Waals surface area contributed by atoms with E-state index in [4.69, 9.17) is 4.52 Å². The zero-order chi connectivity index (χ0) is 19.5. The second-order valence-electron chi connectivity index (χ2n) is 6.80. The molecule has 0 unspecified atom stereocenters. The zero-order valence-corrected chi connectivity index (χ0v) is 16.0. The lowest BCUT2D eigenvalue weighted by molar-refractivity contribution is -0.118. The maximum Gasteiger partial charge on any atom is 0.227 e. The van der Waals surface area contributed by atoms with E-state index in [9.17, 15) is 4.79 Å². The van der Waals surface area contributed by atoms with E-state index in [2.05, 4.69) is 10.1 Å². The molecule has 0 fully saturated rings. The van der Waals surface area contributed by atoms with Crippen molar-refractivity contribution < 1.29 is 9.32 Å². The van der Waals surface area contributed by atoms with Gasteiger partial charge in [-0.25, -0.2) is 4.98 Å². The lowest BCUT2D eigenvalue weighted by Crippen LogP contribution is -2.31. The number of fused-ring (bicyclic) bond motifs is 1. The summed E-state index contributed by atoms with van der Waals surface area (Å²) in [5, 5.41) is 3.98. The van der Waals surface area contributed by atoms with E-state index in [1.54, 1.807) is 0 Å². The van der Waals surface area contributed by atoms with Crippen LogP contribution >= 0.6 is 0 Å². The third-order valence-corrected chi connectivity index (χ3v) is 4.95. The van der Waals surface area contributed by atoms with E-state index in [1.165, 1.54) is 0 Å². The molecule has 6 nitrogen and oxygen atoms in total. The number of benzene rings is 1. The summed E-state index contributed by atoms with van der Waals surface area (Å²) in [5.41, 5.74) is 4.56. The number of carbonyl (C=O) groups excluding carboxylic acids is 1. The Balaban J connectivity index is 1.59. The largest absolute Gasteiger partial charge is 0.361 e. The lowest BCUT2D eigenvalue weighted by Gasteiger charge is -2.23. The lowest BCUT2D eigenvalue weighted by atomic mass is 10.1. The fourth-order valence-corrected chi connectivity index (χ4v) is 3.42. The molecule has 1 amide bonds. The van der Waals surface area contributed by atoms with Gasteiger partial charge in [-0.3, -0.25) is 4.79 Å². The second kappa shape index (κ2) is 7.68. The summed E-state index contributed by atoms with van der Waals surface area (Å²) in [7, 11) is 0. The molecule has 0 saturated carbocycles. The first-order chi connectivity index (χ1) is 13.6. The summed E-state index contributed by atoms with van der Waals surface area (Å²) < 4.78 is 7.23. The molecule has 0 atom stereocenters. The van der Waals surface area contributed by atoms with Crippen LogP contribution in [0.2, 0.25) is 0 Å². The predicted molar refractivity (Wildman–Crippen MR) is 107 cm³/mol. The summed E-state index contributed by atoms with van der Waals surface area (Å²) in [6.07, 6.45) is 4.78. The second-order valence-corrected chi connectivity index (χ2v) is 6.80. The van der Waals surface area contributed by atoms with Crippen LogP contribution in [0.15, 0.2) is 65.4 Å². The first-order valence-corrected chi connectivity index (χ1v) is 9.31. The first kappa shape index (κ1) is 18.0. The molecule has 1 aromatic carbocycles. The van der Waals surface area contributed by atoms with Crippen LogP contribution in [0.3, 0.4) is 0 Å². The van der Waals surface area contributed by atoms with Gasteiger partial charge in [0.15, 0.2) is 0 Å². The zero-order valence-electron chi connectivity index (χ0n) is 16.0. The van der Waals surface area contributed by atoms with Crippen molar-refractivity contribution in [3.05, 3.63) is 83.6 Å². The van der Waals surface area contributed by atoms with Gasteiger partial charge in [0, 0.05) is 23.9 Å². The van der Waals surface area contributed by atoms with Gasteiger partial charge < -0.3 is 13.8 Å². The van der Waals surface area contributed by atoms with Crippen molar-refractivity contribution in [2.24, 2.45) is 0 Å². The van der Waals surface area contributed by atoms with Crippen molar-refractivity contribution >= 4 is 17.2 Å². The molecular formula is C22H22N4O2. The normalized spacial score (nSPS) is 11.1.